The van der Waals surface area contributed by atoms with Crippen LogP contribution in [-0.4, -0.2) is 104 Å². The standard InChI is InChI=1S/C35H56O10/c1-28(2)19-7-8-20-31(6)26(40)24(39)25-30(5)11-14-35(45-30,29(3,4)41)43-17-34(25,31)13-12-33(20)16-32(19,33)10-9-21(28)44-27-23(38)22(37)18(36)15-42-27/h18-27,36-41H,7-17H2,1-6H3/t18-,19-,20-,21+,22+,23-,24-,25+,26-,27+,30+,31-,32-,33+,34+,35+/m1/s1. The summed E-state index contributed by atoms with van der Waals surface area (Å²) in [6, 6.07) is 0. The van der Waals surface area contributed by atoms with Crippen molar-refractivity contribution in [2.45, 2.75) is 159 Å². The second-order valence-corrected chi connectivity index (χ2v) is 18.3. The van der Waals surface area contributed by atoms with E-state index in [0.717, 1.165) is 44.9 Å². The van der Waals surface area contributed by atoms with Crippen molar-refractivity contribution >= 4 is 0 Å². The molecule has 10 nitrogen and oxygen atoms in total. The molecule has 256 valence electrons. The monoisotopic (exact) mass is 636 g/mol. The van der Waals surface area contributed by atoms with Crippen molar-refractivity contribution < 1.29 is 49.6 Å². The molecule has 3 heterocycles. The van der Waals surface area contributed by atoms with Crippen molar-refractivity contribution in [1.82, 2.24) is 0 Å². The van der Waals surface area contributed by atoms with Gasteiger partial charge in [0, 0.05) is 23.2 Å². The van der Waals surface area contributed by atoms with Crippen LogP contribution >= 0.6 is 0 Å². The summed E-state index contributed by atoms with van der Waals surface area (Å²) in [6.45, 7) is 12.6. The highest BCUT2D eigenvalue weighted by Gasteiger charge is 2.87. The van der Waals surface area contributed by atoms with Gasteiger partial charge in [0.2, 0.25) is 0 Å². The Kier molecular flexibility index (Phi) is 6.53. The number of fused-ring (bicyclic) bond motifs is 4. The summed E-state index contributed by atoms with van der Waals surface area (Å²) in [6.07, 6.45) is 1.20. The Morgan fingerprint density at radius 2 is 1.42 bits per heavy atom. The van der Waals surface area contributed by atoms with E-state index < -0.39 is 64.6 Å². The van der Waals surface area contributed by atoms with E-state index in [9.17, 15) is 30.6 Å². The smallest absolute Gasteiger partial charge is 0.197 e. The van der Waals surface area contributed by atoms with Crippen LogP contribution in [0.3, 0.4) is 0 Å². The maximum Gasteiger partial charge on any atom is 0.197 e. The molecule has 6 N–H and O–H groups in total. The summed E-state index contributed by atoms with van der Waals surface area (Å²) in [5.41, 5.74) is -3.01. The minimum atomic E-state index is -1.31. The van der Waals surface area contributed by atoms with Gasteiger partial charge in [-0.05, 0) is 100 Å². The Morgan fingerprint density at radius 3 is 2.13 bits per heavy atom. The molecular weight excluding hydrogens is 580 g/mol. The molecule has 16 atom stereocenters. The van der Waals surface area contributed by atoms with Crippen LogP contribution in [0.4, 0.5) is 0 Å². The fourth-order valence-electron chi connectivity index (χ4n) is 13.9. The lowest BCUT2D eigenvalue weighted by atomic mass is 9.41. The van der Waals surface area contributed by atoms with Crippen LogP contribution in [0.2, 0.25) is 0 Å². The highest BCUT2D eigenvalue weighted by molar-refractivity contribution is 5.34. The van der Waals surface area contributed by atoms with E-state index in [-0.39, 0.29) is 40.8 Å². The molecule has 5 aliphatic carbocycles. The summed E-state index contributed by atoms with van der Waals surface area (Å²) in [5.74, 6) is -0.821. The fourth-order valence-corrected chi connectivity index (χ4v) is 13.9. The molecule has 8 aliphatic rings. The van der Waals surface area contributed by atoms with Gasteiger partial charge in [0.15, 0.2) is 12.1 Å². The lowest BCUT2D eigenvalue weighted by molar-refractivity contribution is -0.316. The van der Waals surface area contributed by atoms with E-state index in [1.807, 2.05) is 0 Å². The lowest BCUT2D eigenvalue weighted by Crippen LogP contribution is -2.63. The van der Waals surface area contributed by atoms with Crippen molar-refractivity contribution in [3.8, 4) is 0 Å². The first-order valence-corrected chi connectivity index (χ1v) is 17.6. The zero-order valence-corrected chi connectivity index (χ0v) is 27.9. The Hall–Kier alpha value is -0.400. The second-order valence-electron chi connectivity index (χ2n) is 18.3. The largest absolute Gasteiger partial charge is 0.390 e. The van der Waals surface area contributed by atoms with Crippen molar-refractivity contribution in [1.29, 1.82) is 0 Å². The predicted molar refractivity (Wildman–Crippen MR) is 160 cm³/mol. The molecule has 0 radical (unpaired) electrons. The molecule has 0 aromatic carbocycles. The number of hydrogen-bond acceptors (Lipinski definition) is 10. The average Bonchev–Trinajstić information content (AvgIpc) is 3.47. The third-order valence-corrected chi connectivity index (χ3v) is 16.1. The van der Waals surface area contributed by atoms with Gasteiger partial charge in [0.1, 0.15) is 23.9 Å². The van der Waals surface area contributed by atoms with Gasteiger partial charge in [-0.1, -0.05) is 20.8 Å². The van der Waals surface area contributed by atoms with Gasteiger partial charge in [-0.15, -0.1) is 0 Å². The van der Waals surface area contributed by atoms with Gasteiger partial charge >= 0.3 is 0 Å². The highest BCUT2D eigenvalue weighted by atomic mass is 16.7. The summed E-state index contributed by atoms with van der Waals surface area (Å²) < 4.78 is 25.6. The van der Waals surface area contributed by atoms with Crippen LogP contribution in [0.1, 0.15) is 99.3 Å². The highest BCUT2D eigenvalue weighted by Crippen LogP contribution is 2.89. The normalized spacial score (nSPS) is 61.3. The van der Waals surface area contributed by atoms with Gasteiger partial charge < -0.3 is 49.6 Å². The molecule has 0 unspecified atom stereocenters. The third-order valence-electron chi connectivity index (χ3n) is 16.1. The van der Waals surface area contributed by atoms with Gasteiger partial charge in [-0.25, -0.2) is 0 Å². The lowest BCUT2D eigenvalue weighted by Gasteiger charge is -2.64. The van der Waals surface area contributed by atoms with Gasteiger partial charge in [0.05, 0.1) is 37.1 Å². The Bertz CT molecular complexity index is 1240. The third kappa shape index (κ3) is 3.56. The predicted octanol–water partition coefficient (Wildman–Crippen LogP) is 2.24. The van der Waals surface area contributed by atoms with E-state index in [4.69, 9.17) is 18.9 Å². The van der Waals surface area contributed by atoms with Gasteiger partial charge in [-0.2, -0.15) is 0 Å². The average molecular weight is 637 g/mol. The zero-order valence-electron chi connectivity index (χ0n) is 27.9. The van der Waals surface area contributed by atoms with Crippen LogP contribution < -0.4 is 0 Å². The van der Waals surface area contributed by atoms with E-state index >= 15 is 0 Å². The topological polar surface area (TPSA) is 158 Å². The molecule has 0 amide bonds. The Labute approximate surface area is 266 Å². The van der Waals surface area contributed by atoms with E-state index in [0.29, 0.717) is 25.4 Å². The van der Waals surface area contributed by atoms with Gasteiger partial charge in [-0.3, -0.25) is 0 Å². The van der Waals surface area contributed by atoms with Crippen molar-refractivity contribution in [2.75, 3.05) is 13.2 Å². The molecule has 10 heteroatoms. The number of ether oxygens (including phenoxy) is 4. The number of aliphatic hydroxyl groups is 6. The quantitative estimate of drug-likeness (QED) is 0.254. The first-order chi connectivity index (χ1) is 20.9. The van der Waals surface area contributed by atoms with E-state index in [1.54, 1.807) is 13.8 Å². The number of hydrogen-bond donors (Lipinski definition) is 6. The fraction of sp³-hybridized carbons (Fsp3) is 1.00. The second kappa shape index (κ2) is 9.23. The molecule has 0 aromatic heterocycles. The van der Waals surface area contributed by atoms with Crippen LogP contribution in [0.5, 0.6) is 0 Å². The first kappa shape index (κ1) is 31.8. The molecule has 5 saturated carbocycles. The molecule has 3 saturated heterocycles. The SMILES string of the molecule is CC1(C)[C@@H](O[C@@H]2OC[C@@H](O)[C@H](O)[C@H]2O)CC[C@]23C[C@]24CC[C@]25CO[C@@]6(C(C)(C)O)CC[C@](C)(O6)[C@@H]2[C@@H](O)[C@@H](O)[C@@]5(C)[C@H]4CC[C@H]13. The molecule has 45 heavy (non-hydrogen) atoms. The summed E-state index contributed by atoms with van der Waals surface area (Å²) >= 11 is 0. The first-order valence-electron chi connectivity index (χ1n) is 17.6. The number of aliphatic hydroxyl groups excluding tert-OH is 5. The minimum absolute atomic E-state index is 0.0654. The molecule has 8 rings (SSSR count). The summed E-state index contributed by atoms with van der Waals surface area (Å²) in [5, 5.41) is 66.2. The molecule has 2 bridgehead atoms. The number of rotatable bonds is 3. The van der Waals surface area contributed by atoms with Crippen LogP contribution in [0.25, 0.3) is 0 Å². The summed E-state index contributed by atoms with van der Waals surface area (Å²) in [4.78, 5) is 0. The van der Waals surface area contributed by atoms with Crippen molar-refractivity contribution in [2.24, 2.45) is 44.8 Å². The van der Waals surface area contributed by atoms with Crippen molar-refractivity contribution in [3.63, 3.8) is 0 Å². The van der Waals surface area contributed by atoms with E-state index in [2.05, 4.69) is 27.7 Å². The molecule has 3 spiro atoms. The maximum absolute atomic E-state index is 12.2. The van der Waals surface area contributed by atoms with Crippen molar-refractivity contribution in [3.05, 3.63) is 0 Å². The molecule has 3 aliphatic heterocycles. The zero-order chi connectivity index (χ0) is 32.4. The Morgan fingerprint density at radius 1 is 0.756 bits per heavy atom. The van der Waals surface area contributed by atoms with E-state index in [1.165, 1.54) is 0 Å². The molecular formula is C35H56O10. The van der Waals surface area contributed by atoms with Crippen LogP contribution in [-0.2, 0) is 18.9 Å². The molecule has 8 fully saturated rings. The summed E-state index contributed by atoms with van der Waals surface area (Å²) in [7, 11) is 0. The van der Waals surface area contributed by atoms with Gasteiger partial charge in [0.25, 0.3) is 0 Å². The van der Waals surface area contributed by atoms with Crippen LogP contribution in [0.15, 0.2) is 0 Å². The Balaban J connectivity index is 1.11. The molecule has 0 aromatic rings. The van der Waals surface area contributed by atoms with Crippen LogP contribution in [0, 0.1) is 44.8 Å². The maximum atomic E-state index is 12.2. The minimum Gasteiger partial charge on any atom is -0.390 e.